The summed E-state index contributed by atoms with van der Waals surface area (Å²) in [6.07, 6.45) is -0.727. The van der Waals surface area contributed by atoms with Gasteiger partial charge in [0.25, 0.3) is 0 Å². The molecular formula is C11H20N2O5. The van der Waals surface area contributed by atoms with Gasteiger partial charge < -0.3 is 25.2 Å². The molecule has 0 radical (unpaired) electrons. The Morgan fingerprint density at radius 2 is 2.11 bits per heavy atom. The highest BCUT2D eigenvalue weighted by Crippen LogP contribution is 2.19. The lowest BCUT2D eigenvalue weighted by molar-refractivity contribution is -0.141. The Labute approximate surface area is 106 Å². The van der Waals surface area contributed by atoms with Gasteiger partial charge in [-0.05, 0) is 13.8 Å². The van der Waals surface area contributed by atoms with Crippen molar-refractivity contribution in [3.63, 3.8) is 0 Å². The van der Waals surface area contributed by atoms with E-state index in [9.17, 15) is 14.7 Å². The zero-order valence-electron chi connectivity index (χ0n) is 10.8. The van der Waals surface area contributed by atoms with E-state index in [0.29, 0.717) is 6.61 Å². The van der Waals surface area contributed by atoms with Crippen LogP contribution in [0.1, 0.15) is 20.3 Å². The molecule has 1 heterocycles. The number of carboxylic acid groups (broad SMARTS) is 1. The Bertz CT molecular complexity index is 331. The van der Waals surface area contributed by atoms with Crippen LogP contribution in [-0.4, -0.2) is 65.1 Å². The van der Waals surface area contributed by atoms with Crippen molar-refractivity contribution in [2.45, 2.75) is 38.0 Å². The summed E-state index contributed by atoms with van der Waals surface area (Å²) in [5.74, 6) is -1.11. The van der Waals surface area contributed by atoms with Crippen LogP contribution in [0.15, 0.2) is 0 Å². The number of methoxy groups -OCH3 is 1. The van der Waals surface area contributed by atoms with Crippen LogP contribution >= 0.6 is 0 Å². The number of hydrogen-bond donors (Lipinski definition) is 3. The number of urea groups is 1. The topological polar surface area (TPSA) is 99.1 Å². The number of aliphatic hydroxyl groups excluding tert-OH is 1. The number of likely N-dealkylation sites (tertiary alicyclic amines) is 1. The normalized spacial score (nSPS) is 24.1. The Kier molecular flexibility index (Phi) is 4.53. The standard InChI is InChI=1S/C11H20N2O5/c1-11(2,6-18-3)12-10(17)13-5-7(14)4-8(13)9(15)16/h7-8,14H,4-6H2,1-3H3,(H,12,17)(H,15,16)/t7-,8-/m1/s1. The summed E-state index contributed by atoms with van der Waals surface area (Å²) in [5.41, 5.74) is -0.595. The average Bonchev–Trinajstić information content (AvgIpc) is 2.59. The summed E-state index contributed by atoms with van der Waals surface area (Å²) in [6, 6.07) is -1.47. The van der Waals surface area contributed by atoms with Gasteiger partial charge in [-0.1, -0.05) is 0 Å². The number of hydrogen-bond acceptors (Lipinski definition) is 4. The van der Waals surface area contributed by atoms with Crippen molar-refractivity contribution in [1.82, 2.24) is 10.2 Å². The fourth-order valence-electron chi connectivity index (χ4n) is 2.03. The van der Waals surface area contributed by atoms with Gasteiger partial charge in [0.2, 0.25) is 0 Å². The molecule has 1 rings (SSSR count). The van der Waals surface area contributed by atoms with E-state index < -0.39 is 29.7 Å². The van der Waals surface area contributed by atoms with Gasteiger partial charge in [0.15, 0.2) is 0 Å². The highest BCUT2D eigenvalue weighted by molar-refractivity contribution is 5.83. The van der Waals surface area contributed by atoms with Crippen LogP contribution in [0.25, 0.3) is 0 Å². The lowest BCUT2D eigenvalue weighted by atomic mass is 10.1. The van der Waals surface area contributed by atoms with Crippen LogP contribution in [-0.2, 0) is 9.53 Å². The lowest BCUT2D eigenvalue weighted by Gasteiger charge is -2.30. The fourth-order valence-corrected chi connectivity index (χ4v) is 2.03. The molecule has 0 spiro atoms. The number of rotatable bonds is 4. The summed E-state index contributed by atoms with van der Waals surface area (Å²) in [6.45, 7) is 3.89. The second kappa shape index (κ2) is 5.53. The molecule has 0 saturated carbocycles. The van der Waals surface area contributed by atoms with E-state index in [2.05, 4.69) is 5.32 Å². The average molecular weight is 260 g/mol. The number of carbonyl (C=O) groups is 2. The van der Waals surface area contributed by atoms with Gasteiger partial charge in [-0.25, -0.2) is 9.59 Å². The number of ether oxygens (including phenoxy) is 1. The first-order valence-corrected chi connectivity index (χ1v) is 5.75. The van der Waals surface area contributed by atoms with E-state index in [1.807, 2.05) is 0 Å². The van der Waals surface area contributed by atoms with Crippen LogP contribution in [0.5, 0.6) is 0 Å². The lowest BCUT2D eigenvalue weighted by Crippen LogP contribution is -2.54. The van der Waals surface area contributed by atoms with Crippen molar-refractivity contribution in [2.24, 2.45) is 0 Å². The molecule has 3 N–H and O–H groups in total. The quantitative estimate of drug-likeness (QED) is 0.641. The first-order chi connectivity index (χ1) is 8.26. The summed E-state index contributed by atoms with van der Waals surface area (Å²) in [7, 11) is 1.52. The molecule has 0 aromatic heterocycles. The smallest absolute Gasteiger partial charge is 0.326 e. The van der Waals surface area contributed by atoms with E-state index in [-0.39, 0.29) is 13.0 Å². The van der Waals surface area contributed by atoms with Crippen LogP contribution < -0.4 is 5.32 Å². The third kappa shape index (κ3) is 3.58. The molecule has 1 saturated heterocycles. The van der Waals surface area contributed by atoms with Gasteiger partial charge in [0.05, 0.1) is 18.2 Å². The van der Waals surface area contributed by atoms with Gasteiger partial charge in [0, 0.05) is 20.1 Å². The number of β-amino-alcohol motifs (C(OH)–C–C–N with tert-alkyl or cyclic N) is 1. The maximum absolute atomic E-state index is 12.0. The summed E-state index contributed by atoms with van der Waals surface area (Å²) >= 11 is 0. The van der Waals surface area contributed by atoms with Gasteiger partial charge in [-0.3, -0.25) is 0 Å². The second-order valence-corrected chi connectivity index (χ2v) is 5.14. The van der Waals surface area contributed by atoms with Crippen molar-refractivity contribution in [3.05, 3.63) is 0 Å². The largest absolute Gasteiger partial charge is 0.480 e. The molecule has 0 bridgehead atoms. The highest BCUT2D eigenvalue weighted by atomic mass is 16.5. The predicted octanol–water partition coefficient (Wildman–Crippen LogP) is -0.359. The molecule has 0 aromatic rings. The molecule has 1 fully saturated rings. The first kappa shape index (κ1) is 14.7. The van der Waals surface area contributed by atoms with E-state index in [1.165, 1.54) is 7.11 Å². The highest BCUT2D eigenvalue weighted by Gasteiger charge is 2.40. The third-order valence-corrected chi connectivity index (χ3v) is 2.78. The minimum absolute atomic E-state index is 0.0336. The molecule has 1 aliphatic heterocycles. The monoisotopic (exact) mass is 260 g/mol. The number of aliphatic carboxylic acids is 1. The SMILES string of the molecule is COCC(C)(C)NC(=O)N1C[C@H](O)C[C@@H]1C(=O)O. The first-order valence-electron chi connectivity index (χ1n) is 5.75. The second-order valence-electron chi connectivity index (χ2n) is 5.14. The molecular weight excluding hydrogens is 240 g/mol. The van der Waals surface area contributed by atoms with Gasteiger partial charge in [-0.2, -0.15) is 0 Å². The zero-order valence-corrected chi connectivity index (χ0v) is 10.8. The molecule has 7 nitrogen and oxygen atoms in total. The molecule has 2 amide bonds. The molecule has 18 heavy (non-hydrogen) atoms. The van der Waals surface area contributed by atoms with E-state index >= 15 is 0 Å². The third-order valence-electron chi connectivity index (χ3n) is 2.78. The zero-order chi connectivity index (χ0) is 13.9. The number of aliphatic hydroxyl groups is 1. The van der Waals surface area contributed by atoms with Crippen molar-refractivity contribution in [2.75, 3.05) is 20.3 Å². The van der Waals surface area contributed by atoms with Crippen molar-refractivity contribution < 1.29 is 24.5 Å². The number of nitrogens with one attached hydrogen (secondary N) is 1. The number of amides is 2. The van der Waals surface area contributed by atoms with Crippen LogP contribution in [0.2, 0.25) is 0 Å². The number of nitrogens with zero attached hydrogens (tertiary/aromatic N) is 1. The van der Waals surface area contributed by atoms with E-state index in [4.69, 9.17) is 9.84 Å². The van der Waals surface area contributed by atoms with Gasteiger partial charge >= 0.3 is 12.0 Å². The molecule has 0 unspecified atom stereocenters. The Balaban J connectivity index is 2.68. The maximum Gasteiger partial charge on any atom is 0.326 e. The Morgan fingerprint density at radius 1 is 1.50 bits per heavy atom. The number of carboxylic acids is 1. The van der Waals surface area contributed by atoms with Crippen molar-refractivity contribution >= 4 is 12.0 Å². The predicted molar refractivity (Wildman–Crippen MR) is 63.2 cm³/mol. The summed E-state index contributed by atoms with van der Waals surface area (Å²) in [5, 5.41) is 21.1. The fraction of sp³-hybridized carbons (Fsp3) is 0.818. The molecule has 104 valence electrons. The van der Waals surface area contributed by atoms with E-state index in [0.717, 1.165) is 4.90 Å². The Hall–Kier alpha value is -1.34. The van der Waals surface area contributed by atoms with Crippen LogP contribution in [0, 0.1) is 0 Å². The number of carbonyl (C=O) groups excluding carboxylic acids is 1. The molecule has 0 aliphatic carbocycles. The van der Waals surface area contributed by atoms with Gasteiger partial charge in [0.1, 0.15) is 6.04 Å². The van der Waals surface area contributed by atoms with Gasteiger partial charge in [-0.15, -0.1) is 0 Å². The maximum atomic E-state index is 12.0. The summed E-state index contributed by atoms with van der Waals surface area (Å²) in [4.78, 5) is 24.1. The van der Waals surface area contributed by atoms with Crippen LogP contribution in [0.4, 0.5) is 4.79 Å². The molecule has 2 atom stereocenters. The Morgan fingerprint density at radius 3 is 2.61 bits per heavy atom. The summed E-state index contributed by atoms with van der Waals surface area (Å²) < 4.78 is 4.97. The molecule has 0 aromatic carbocycles. The van der Waals surface area contributed by atoms with Crippen molar-refractivity contribution in [1.29, 1.82) is 0 Å². The van der Waals surface area contributed by atoms with E-state index in [1.54, 1.807) is 13.8 Å². The molecule has 7 heteroatoms. The molecule has 1 aliphatic rings. The van der Waals surface area contributed by atoms with Crippen LogP contribution in [0.3, 0.4) is 0 Å². The van der Waals surface area contributed by atoms with Crippen molar-refractivity contribution in [3.8, 4) is 0 Å². The minimum atomic E-state index is -1.11. The minimum Gasteiger partial charge on any atom is -0.480 e.